The van der Waals surface area contributed by atoms with Crippen LogP contribution in [0.4, 0.5) is 0 Å². The van der Waals surface area contributed by atoms with E-state index in [4.69, 9.17) is 0 Å². The highest BCUT2D eigenvalue weighted by Gasteiger charge is 2.49. The molecule has 2 atom stereocenters. The van der Waals surface area contributed by atoms with Crippen molar-refractivity contribution in [3.05, 3.63) is 83.4 Å². The summed E-state index contributed by atoms with van der Waals surface area (Å²) in [6, 6.07) is 19.5. The van der Waals surface area contributed by atoms with Crippen molar-refractivity contribution in [2.45, 2.75) is 31.7 Å². The minimum Gasteiger partial charge on any atom is -0.306 e. The van der Waals surface area contributed by atoms with E-state index in [9.17, 15) is 9.59 Å². The summed E-state index contributed by atoms with van der Waals surface area (Å²) in [5, 5.41) is 3.49. The van der Waals surface area contributed by atoms with Crippen LogP contribution in [0.15, 0.2) is 72.3 Å². The van der Waals surface area contributed by atoms with E-state index in [0.717, 1.165) is 36.9 Å². The Hall–Kier alpha value is -2.52. The Morgan fingerprint density at radius 1 is 1.00 bits per heavy atom. The number of fused-ring (bicyclic) bond motifs is 1. The first-order valence-electron chi connectivity index (χ1n) is 9.29. The molecule has 1 aliphatic carbocycles. The van der Waals surface area contributed by atoms with Gasteiger partial charge in [0.2, 0.25) is 0 Å². The molecule has 0 aromatic heterocycles. The third-order valence-electron chi connectivity index (χ3n) is 5.77. The van der Waals surface area contributed by atoms with Crippen molar-refractivity contribution >= 4 is 11.6 Å². The van der Waals surface area contributed by atoms with Gasteiger partial charge in [-0.15, -0.1) is 0 Å². The molecule has 1 N–H and O–H groups in total. The molecular weight excluding hydrogens is 322 g/mol. The van der Waals surface area contributed by atoms with Crippen LogP contribution in [0, 0.1) is 5.41 Å². The van der Waals surface area contributed by atoms with Crippen LogP contribution >= 0.6 is 0 Å². The maximum Gasteiger partial charge on any atom is 0.180 e. The average Bonchev–Trinajstić information content (AvgIpc) is 2.69. The standard InChI is InChI=1S/C23H23NO2/c25-20-11-13-23(16-17-7-3-1-4-8-17)19(15-20)12-14-24-22(23)21(26)18-9-5-2-6-10-18/h1-10,15,22,24H,11-14,16H2. The third-order valence-corrected chi connectivity index (χ3v) is 5.77. The molecule has 3 nitrogen and oxygen atoms in total. The molecule has 132 valence electrons. The quantitative estimate of drug-likeness (QED) is 0.859. The molecular formula is C23H23NO2. The first-order valence-corrected chi connectivity index (χ1v) is 9.29. The lowest BCUT2D eigenvalue weighted by Crippen LogP contribution is -2.57. The minimum atomic E-state index is -0.319. The number of piperidine rings is 1. The van der Waals surface area contributed by atoms with E-state index in [1.54, 1.807) is 0 Å². The third kappa shape index (κ3) is 3.04. The van der Waals surface area contributed by atoms with Gasteiger partial charge in [-0.1, -0.05) is 66.2 Å². The number of nitrogens with one attached hydrogen (secondary N) is 1. The van der Waals surface area contributed by atoms with Crippen LogP contribution in [0.5, 0.6) is 0 Å². The number of ketones is 2. The Morgan fingerprint density at radius 2 is 1.69 bits per heavy atom. The molecule has 0 amide bonds. The molecule has 2 aliphatic rings. The second-order valence-electron chi connectivity index (χ2n) is 7.32. The SMILES string of the molecule is O=C1C=C2CCNC(C(=O)c3ccccc3)C2(Cc2ccccc2)CC1. The number of hydrogen-bond donors (Lipinski definition) is 1. The first-order chi connectivity index (χ1) is 12.7. The number of hydrogen-bond acceptors (Lipinski definition) is 3. The monoisotopic (exact) mass is 345 g/mol. The molecule has 0 bridgehead atoms. The van der Waals surface area contributed by atoms with E-state index >= 15 is 0 Å². The fourth-order valence-electron chi connectivity index (χ4n) is 4.49. The van der Waals surface area contributed by atoms with E-state index in [2.05, 4.69) is 17.4 Å². The van der Waals surface area contributed by atoms with Crippen LogP contribution in [-0.4, -0.2) is 24.2 Å². The maximum absolute atomic E-state index is 13.4. The molecule has 0 spiro atoms. The Bertz CT molecular complexity index is 841. The van der Waals surface area contributed by atoms with E-state index in [0.29, 0.717) is 6.42 Å². The normalized spacial score (nSPS) is 25.3. The molecule has 1 fully saturated rings. The largest absolute Gasteiger partial charge is 0.306 e. The maximum atomic E-state index is 13.4. The number of carbonyl (C=O) groups is 2. The number of allylic oxidation sites excluding steroid dienone is 1. The number of Topliss-reactive ketones (excluding diaryl/α,β-unsaturated/α-hetero) is 1. The molecule has 4 rings (SSSR count). The van der Waals surface area contributed by atoms with Crippen molar-refractivity contribution in [3.63, 3.8) is 0 Å². The predicted octanol–water partition coefficient (Wildman–Crippen LogP) is 3.75. The summed E-state index contributed by atoms with van der Waals surface area (Å²) in [4.78, 5) is 25.4. The Morgan fingerprint density at radius 3 is 2.42 bits per heavy atom. The second kappa shape index (κ2) is 7.00. The average molecular weight is 345 g/mol. The van der Waals surface area contributed by atoms with Gasteiger partial charge in [-0.2, -0.15) is 0 Å². The highest BCUT2D eigenvalue weighted by Crippen LogP contribution is 2.47. The van der Waals surface area contributed by atoms with Crippen molar-refractivity contribution in [1.29, 1.82) is 0 Å². The summed E-state index contributed by atoms with van der Waals surface area (Å²) in [5.41, 5.74) is 2.77. The van der Waals surface area contributed by atoms with Crippen LogP contribution in [0.3, 0.4) is 0 Å². The van der Waals surface area contributed by atoms with Crippen molar-refractivity contribution in [1.82, 2.24) is 5.32 Å². The molecule has 2 aromatic rings. The summed E-state index contributed by atoms with van der Waals surface area (Å²) in [7, 11) is 0. The minimum absolute atomic E-state index is 0.126. The summed E-state index contributed by atoms with van der Waals surface area (Å²) < 4.78 is 0. The summed E-state index contributed by atoms with van der Waals surface area (Å²) in [6.07, 6.45) is 4.66. The Kier molecular flexibility index (Phi) is 4.56. The van der Waals surface area contributed by atoms with Gasteiger partial charge < -0.3 is 5.32 Å². The fourth-order valence-corrected chi connectivity index (χ4v) is 4.49. The van der Waals surface area contributed by atoms with Crippen molar-refractivity contribution in [2.75, 3.05) is 6.54 Å². The van der Waals surface area contributed by atoms with Gasteiger partial charge in [0.15, 0.2) is 11.6 Å². The van der Waals surface area contributed by atoms with Crippen LogP contribution < -0.4 is 5.32 Å². The van der Waals surface area contributed by atoms with Gasteiger partial charge in [-0.05, 0) is 37.4 Å². The molecule has 0 radical (unpaired) electrons. The van der Waals surface area contributed by atoms with Crippen molar-refractivity contribution in [2.24, 2.45) is 5.41 Å². The molecule has 1 heterocycles. The summed E-state index contributed by atoms with van der Waals surface area (Å²) >= 11 is 0. The smallest absolute Gasteiger partial charge is 0.180 e. The fraction of sp³-hybridized carbons (Fsp3) is 0.304. The van der Waals surface area contributed by atoms with Crippen molar-refractivity contribution < 1.29 is 9.59 Å². The molecule has 0 saturated carbocycles. The molecule has 2 unspecified atom stereocenters. The van der Waals surface area contributed by atoms with Crippen LogP contribution in [0.1, 0.15) is 35.2 Å². The van der Waals surface area contributed by atoms with Gasteiger partial charge in [0.25, 0.3) is 0 Å². The highest BCUT2D eigenvalue weighted by atomic mass is 16.1. The molecule has 3 heteroatoms. The first kappa shape index (κ1) is 16.9. The van der Waals surface area contributed by atoms with Crippen molar-refractivity contribution in [3.8, 4) is 0 Å². The van der Waals surface area contributed by atoms with Gasteiger partial charge >= 0.3 is 0 Å². The van der Waals surface area contributed by atoms with Crippen LogP contribution in [0.25, 0.3) is 0 Å². The van der Waals surface area contributed by atoms with E-state index < -0.39 is 0 Å². The second-order valence-corrected chi connectivity index (χ2v) is 7.32. The number of carbonyl (C=O) groups excluding carboxylic acids is 2. The van der Waals surface area contributed by atoms with Crippen LogP contribution in [0.2, 0.25) is 0 Å². The lowest BCUT2D eigenvalue weighted by atomic mass is 9.60. The molecule has 2 aromatic carbocycles. The zero-order valence-corrected chi connectivity index (χ0v) is 14.8. The lowest BCUT2D eigenvalue weighted by Gasteiger charge is -2.48. The lowest BCUT2D eigenvalue weighted by molar-refractivity contribution is -0.116. The zero-order chi connectivity index (χ0) is 18.0. The van der Waals surface area contributed by atoms with Gasteiger partial charge in [0.1, 0.15) is 0 Å². The van der Waals surface area contributed by atoms with Gasteiger partial charge in [0.05, 0.1) is 6.04 Å². The Balaban J connectivity index is 1.77. The predicted molar refractivity (Wildman–Crippen MR) is 102 cm³/mol. The van der Waals surface area contributed by atoms with E-state index in [1.807, 2.05) is 54.6 Å². The van der Waals surface area contributed by atoms with E-state index in [-0.39, 0.29) is 23.0 Å². The van der Waals surface area contributed by atoms with Gasteiger partial charge in [-0.3, -0.25) is 9.59 Å². The summed E-state index contributed by atoms with van der Waals surface area (Å²) in [5.74, 6) is 0.318. The zero-order valence-electron chi connectivity index (χ0n) is 14.8. The highest BCUT2D eigenvalue weighted by molar-refractivity contribution is 6.02. The summed E-state index contributed by atoms with van der Waals surface area (Å²) in [6.45, 7) is 0.735. The van der Waals surface area contributed by atoms with Gasteiger partial charge in [0, 0.05) is 17.4 Å². The molecule has 1 saturated heterocycles. The van der Waals surface area contributed by atoms with Crippen LogP contribution in [-0.2, 0) is 11.2 Å². The van der Waals surface area contributed by atoms with E-state index in [1.165, 1.54) is 5.56 Å². The topological polar surface area (TPSA) is 46.2 Å². The van der Waals surface area contributed by atoms with Gasteiger partial charge in [-0.25, -0.2) is 0 Å². The molecule has 1 aliphatic heterocycles. The number of rotatable bonds is 4. The number of benzene rings is 2. The molecule has 26 heavy (non-hydrogen) atoms. The Labute approximate surface area is 154 Å².